The molecule has 2 heterocycles. The van der Waals surface area contributed by atoms with Crippen LogP contribution in [-0.4, -0.2) is 25.8 Å². The quantitative estimate of drug-likeness (QED) is 0.803. The molecule has 0 aliphatic rings. The summed E-state index contributed by atoms with van der Waals surface area (Å²) < 4.78 is 7.15. The van der Waals surface area contributed by atoms with Crippen LogP contribution in [0.15, 0.2) is 34.7 Å². The molecule has 0 atom stereocenters. The van der Waals surface area contributed by atoms with Gasteiger partial charge in [0.15, 0.2) is 0 Å². The van der Waals surface area contributed by atoms with E-state index in [9.17, 15) is 9.90 Å². The molecule has 0 amide bonds. The standard InChI is InChI=1S/C16H15N3O3/c1-9-4-6-12(7-5-9)14-17-13(16(20)21)15(22-14)19-11(3)8-10(2)18-19/h4-8H,1-3H3,(H,20,21). The van der Waals surface area contributed by atoms with E-state index >= 15 is 0 Å². The van der Waals surface area contributed by atoms with Crippen molar-refractivity contribution >= 4 is 5.97 Å². The van der Waals surface area contributed by atoms with Crippen molar-refractivity contribution in [1.29, 1.82) is 0 Å². The molecule has 0 radical (unpaired) electrons. The lowest BCUT2D eigenvalue weighted by Crippen LogP contribution is -2.06. The number of hydrogen-bond donors (Lipinski definition) is 1. The number of aryl methyl sites for hydroxylation is 3. The molecule has 3 aromatic rings. The summed E-state index contributed by atoms with van der Waals surface area (Å²) in [6, 6.07) is 9.38. The maximum Gasteiger partial charge on any atom is 0.360 e. The predicted molar refractivity (Wildman–Crippen MR) is 80.2 cm³/mol. The molecular formula is C16H15N3O3. The fourth-order valence-corrected chi connectivity index (χ4v) is 2.25. The van der Waals surface area contributed by atoms with Gasteiger partial charge >= 0.3 is 5.97 Å². The van der Waals surface area contributed by atoms with Crippen LogP contribution in [0.25, 0.3) is 17.3 Å². The first-order valence-corrected chi connectivity index (χ1v) is 6.80. The van der Waals surface area contributed by atoms with Crippen molar-refractivity contribution in [3.8, 4) is 17.3 Å². The van der Waals surface area contributed by atoms with Crippen molar-refractivity contribution in [3.63, 3.8) is 0 Å². The molecule has 0 spiro atoms. The second-order valence-electron chi connectivity index (χ2n) is 5.18. The van der Waals surface area contributed by atoms with E-state index in [1.54, 1.807) is 0 Å². The highest BCUT2D eigenvalue weighted by Crippen LogP contribution is 2.26. The molecule has 2 aromatic heterocycles. The lowest BCUT2D eigenvalue weighted by molar-refractivity contribution is 0.0690. The van der Waals surface area contributed by atoms with E-state index in [0.29, 0.717) is 0 Å². The molecule has 0 fully saturated rings. The molecule has 0 aliphatic heterocycles. The number of carboxylic acid groups (broad SMARTS) is 1. The Labute approximate surface area is 127 Å². The molecule has 0 aliphatic carbocycles. The van der Waals surface area contributed by atoms with E-state index < -0.39 is 5.97 Å². The zero-order valence-electron chi connectivity index (χ0n) is 12.5. The fraction of sp³-hybridized carbons (Fsp3) is 0.188. The second-order valence-corrected chi connectivity index (χ2v) is 5.18. The minimum atomic E-state index is -1.15. The number of carbonyl (C=O) groups is 1. The van der Waals surface area contributed by atoms with Crippen molar-refractivity contribution in [2.75, 3.05) is 0 Å². The number of benzene rings is 1. The van der Waals surface area contributed by atoms with Crippen molar-refractivity contribution < 1.29 is 14.3 Å². The van der Waals surface area contributed by atoms with Crippen molar-refractivity contribution in [1.82, 2.24) is 14.8 Å². The molecule has 6 nitrogen and oxygen atoms in total. The monoisotopic (exact) mass is 297 g/mol. The van der Waals surface area contributed by atoms with E-state index in [1.165, 1.54) is 4.68 Å². The minimum Gasteiger partial charge on any atom is -0.476 e. The third-order valence-corrected chi connectivity index (χ3v) is 3.31. The Morgan fingerprint density at radius 1 is 1.18 bits per heavy atom. The zero-order chi connectivity index (χ0) is 15.9. The van der Waals surface area contributed by atoms with Gasteiger partial charge in [-0.1, -0.05) is 17.7 Å². The molecule has 1 aromatic carbocycles. The summed E-state index contributed by atoms with van der Waals surface area (Å²) in [5.41, 5.74) is 3.24. The van der Waals surface area contributed by atoms with Gasteiger partial charge in [0.25, 0.3) is 5.88 Å². The lowest BCUT2D eigenvalue weighted by Gasteiger charge is -2.00. The number of nitrogens with zero attached hydrogens (tertiary/aromatic N) is 3. The Morgan fingerprint density at radius 2 is 1.86 bits per heavy atom. The smallest absolute Gasteiger partial charge is 0.360 e. The van der Waals surface area contributed by atoms with Gasteiger partial charge in [-0.2, -0.15) is 10.1 Å². The molecule has 6 heteroatoms. The van der Waals surface area contributed by atoms with Gasteiger partial charge in [-0.15, -0.1) is 0 Å². The summed E-state index contributed by atoms with van der Waals surface area (Å²) in [5.74, 6) is -0.765. The molecular weight excluding hydrogens is 282 g/mol. The van der Waals surface area contributed by atoms with Crippen LogP contribution < -0.4 is 0 Å². The van der Waals surface area contributed by atoms with Gasteiger partial charge in [-0.3, -0.25) is 0 Å². The van der Waals surface area contributed by atoms with Gasteiger partial charge < -0.3 is 9.52 Å². The molecule has 22 heavy (non-hydrogen) atoms. The van der Waals surface area contributed by atoms with Gasteiger partial charge in [0.1, 0.15) is 0 Å². The Kier molecular flexibility index (Phi) is 3.29. The highest BCUT2D eigenvalue weighted by atomic mass is 16.4. The van der Waals surface area contributed by atoms with Crippen LogP contribution >= 0.6 is 0 Å². The maximum absolute atomic E-state index is 11.4. The minimum absolute atomic E-state index is 0.119. The summed E-state index contributed by atoms with van der Waals surface area (Å²) in [4.78, 5) is 15.6. The third-order valence-electron chi connectivity index (χ3n) is 3.31. The molecule has 0 bridgehead atoms. The van der Waals surface area contributed by atoms with Crippen molar-refractivity contribution in [2.45, 2.75) is 20.8 Å². The normalized spacial score (nSPS) is 10.9. The number of aromatic carboxylic acids is 1. The average Bonchev–Trinajstić information content (AvgIpc) is 3.03. The van der Waals surface area contributed by atoms with Crippen molar-refractivity contribution in [2.24, 2.45) is 0 Å². The average molecular weight is 297 g/mol. The van der Waals surface area contributed by atoms with Crippen LogP contribution in [0.5, 0.6) is 0 Å². The maximum atomic E-state index is 11.4. The Balaban J connectivity index is 2.16. The van der Waals surface area contributed by atoms with E-state index in [4.69, 9.17) is 4.42 Å². The van der Waals surface area contributed by atoms with Gasteiger partial charge in [0.2, 0.25) is 11.6 Å². The summed E-state index contributed by atoms with van der Waals surface area (Å²) in [7, 11) is 0. The van der Waals surface area contributed by atoms with E-state index in [-0.39, 0.29) is 17.5 Å². The number of hydrogen-bond acceptors (Lipinski definition) is 4. The third kappa shape index (κ3) is 2.39. The number of carboxylic acids is 1. The van der Waals surface area contributed by atoms with E-state index in [1.807, 2.05) is 51.1 Å². The summed E-state index contributed by atoms with van der Waals surface area (Å²) in [5, 5.41) is 13.6. The SMILES string of the molecule is Cc1ccc(-c2nc(C(=O)O)c(-n3nc(C)cc3C)o2)cc1. The van der Waals surface area contributed by atoms with Gasteiger partial charge in [0, 0.05) is 11.3 Å². The lowest BCUT2D eigenvalue weighted by atomic mass is 10.1. The Morgan fingerprint density at radius 3 is 2.41 bits per heavy atom. The summed E-state index contributed by atoms with van der Waals surface area (Å²) in [6.45, 7) is 5.64. The fourth-order valence-electron chi connectivity index (χ4n) is 2.25. The second kappa shape index (κ2) is 5.14. The van der Waals surface area contributed by atoms with Gasteiger partial charge in [-0.05, 0) is 39.0 Å². The molecule has 3 rings (SSSR count). The topological polar surface area (TPSA) is 81.1 Å². The largest absolute Gasteiger partial charge is 0.476 e. The number of rotatable bonds is 3. The number of aromatic nitrogens is 3. The van der Waals surface area contributed by atoms with Crippen molar-refractivity contribution in [3.05, 3.63) is 53.0 Å². The molecule has 0 unspecified atom stereocenters. The van der Waals surface area contributed by atoms with Crippen LogP contribution in [0.1, 0.15) is 27.4 Å². The molecule has 0 saturated heterocycles. The first-order valence-electron chi connectivity index (χ1n) is 6.80. The van der Waals surface area contributed by atoms with Gasteiger partial charge in [0.05, 0.1) is 5.69 Å². The van der Waals surface area contributed by atoms with Crippen LogP contribution in [0.2, 0.25) is 0 Å². The summed E-state index contributed by atoms with van der Waals surface area (Å²) in [6.07, 6.45) is 0. The molecule has 0 saturated carbocycles. The highest BCUT2D eigenvalue weighted by Gasteiger charge is 2.23. The molecule has 1 N–H and O–H groups in total. The van der Waals surface area contributed by atoms with Crippen LogP contribution in [0.3, 0.4) is 0 Å². The van der Waals surface area contributed by atoms with Crippen LogP contribution in [0, 0.1) is 20.8 Å². The molecule has 112 valence electrons. The van der Waals surface area contributed by atoms with E-state index in [0.717, 1.165) is 22.5 Å². The highest BCUT2D eigenvalue weighted by molar-refractivity contribution is 5.89. The van der Waals surface area contributed by atoms with E-state index in [2.05, 4.69) is 10.1 Å². The van der Waals surface area contributed by atoms with Crippen LogP contribution in [0.4, 0.5) is 0 Å². The van der Waals surface area contributed by atoms with Crippen LogP contribution in [-0.2, 0) is 0 Å². The first kappa shape index (κ1) is 14.1. The Hall–Kier alpha value is -2.89. The zero-order valence-corrected chi connectivity index (χ0v) is 12.5. The number of oxazole rings is 1. The summed E-state index contributed by atoms with van der Waals surface area (Å²) >= 11 is 0. The predicted octanol–water partition coefficient (Wildman–Crippen LogP) is 3.15. The Bertz CT molecular complexity index is 844. The first-order chi connectivity index (χ1) is 10.5. The van der Waals surface area contributed by atoms with Gasteiger partial charge in [-0.25, -0.2) is 9.48 Å².